The highest BCUT2D eigenvalue weighted by molar-refractivity contribution is 6.05. The highest BCUT2D eigenvalue weighted by Gasteiger charge is 2.28. The van der Waals surface area contributed by atoms with E-state index >= 15 is 0 Å². The summed E-state index contributed by atoms with van der Waals surface area (Å²) in [6.07, 6.45) is 0.220. The van der Waals surface area contributed by atoms with E-state index in [2.05, 4.69) is 5.32 Å². The van der Waals surface area contributed by atoms with Gasteiger partial charge >= 0.3 is 5.97 Å². The topological polar surface area (TPSA) is 55.4 Å². The first-order valence-electron chi connectivity index (χ1n) is 8.87. The molecule has 4 heteroatoms. The fraction of sp³-hybridized carbons (Fsp3) is 0.130. The second-order valence-corrected chi connectivity index (χ2v) is 6.65. The van der Waals surface area contributed by atoms with Gasteiger partial charge in [0, 0.05) is 17.7 Å². The van der Waals surface area contributed by atoms with Crippen molar-refractivity contribution in [2.75, 3.05) is 5.32 Å². The molecule has 3 aromatic carbocycles. The molecule has 4 rings (SSSR count). The molecule has 0 bridgehead atoms. The van der Waals surface area contributed by atoms with Crippen molar-refractivity contribution >= 4 is 17.6 Å². The van der Waals surface area contributed by atoms with Gasteiger partial charge in [-0.2, -0.15) is 0 Å². The van der Waals surface area contributed by atoms with E-state index in [1.54, 1.807) is 18.2 Å². The quantitative estimate of drug-likeness (QED) is 0.691. The van der Waals surface area contributed by atoms with Gasteiger partial charge in [-0.1, -0.05) is 48.5 Å². The van der Waals surface area contributed by atoms with Crippen molar-refractivity contribution < 1.29 is 14.3 Å². The number of benzene rings is 3. The molecular formula is C23H19NO3. The second kappa shape index (κ2) is 7.08. The predicted molar refractivity (Wildman–Crippen MR) is 104 cm³/mol. The molecule has 27 heavy (non-hydrogen) atoms. The summed E-state index contributed by atoms with van der Waals surface area (Å²) in [5.41, 5.74) is 4.61. The smallest absolute Gasteiger partial charge is 0.339 e. The largest absolute Gasteiger partial charge is 0.454 e. The maximum absolute atomic E-state index is 12.7. The average molecular weight is 357 g/mol. The number of aryl methyl sites for hydroxylation is 1. The number of carbonyl (C=O) groups excluding carboxylic acids is 2. The second-order valence-electron chi connectivity index (χ2n) is 6.65. The fourth-order valence-electron chi connectivity index (χ4n) is 3.30. The van der Waals surface area contributed by atoms with E-state index < -0.39 is 0 Å². The first-order valence-corrected chi connectivity index (χ1v) is 8.87. The molecule has 0 unspecified atom stereocenters. The Balaban J connectivity index is 1.60. The summed E-state index contributed by atoms with van der Waals surface area (Å²) in [5.74, 6) is -0.543. The summed E-state index contributed by atoms with van der Waals surface area (Å²) >= 11 is 0. The Morgan fingerprint density at radius 2 is 1.74 bits per heavy atom. The summed E-state index contributed by atoms with van der Waals surface area (Å²) in [7, 11) is 0. The molecule has 3 aromatic rings. The third-order valence-electron chi connectivity index (χ3n) is 4.81. The van der Waals surface area contributed by atoms with Crippen molar-refractivity contribution in [3.63, 3.8) is 0 Å². The maximum atomic E-state index is 12.7. The molecule has 0 spiro atoms. The van der Waals surface area contributed by atoms with Crippen LogP contribution in [0.1, 0.15) is 43.5 Å². The van der Waals surface area contributed by atoms with Crippen LogP contribution in [-0.2, 0) is 11.2 Å². The van der Waals surface area contributed by atoms with E-state index in [1.807, 2.05) is 61.5 Å². The standard InChI is InChI=1S/C23H19NO3/c1-15-7-5-6-10-20(15)24-22(25)17-11-12-19-18(13-17)14-21(27-23(19)26)16-8-3-2-4-9-16/h2-13,21H,14H2,1H3,(H,24,25)/t21-/m0/s1. The number of hydrogen-bond donors (Lipinski definition) is 1. The number of esters is 1. The number of anilines is 1. The molecule has 134 valence electrons. The lowest BCUT2D eigenvalue weighted by atomic mass is 9.93. The lowest BCUT2D eigenvalue weighted by molar-refractivity contribution is 0.0252. The minimum absolute atomic E-state index is 0.192. The molecule has 0 aliphatic carbocycles. The van der Waals surface area contributed by atoms with Crippen LogP contribution >= 0.6 is 0 Å². The fourth-order valence-corrected chi connectivity index (χ4v) is 3.30. The van der Waals surface area contributed by atoms with Gasteiger partial charge in [-0.15, -0.1) is 0 Å². The molecule has 1 aliphatic heterocycles. The number of cyclic esters (lactones) is 1. The number of carbonyl (C=O) groups is 2. The third-order valence-corrected chi connectivity index (χ3v) is 4.81. The predicted octanol–water partition coefficient (Wildman–Crippen LogP) is 4.70. The number of ether oxygens (including phenoxy) is 1. The van der Waals surface area contributed by atoms with E-state index in [9.17, 15) is 9.59 Å². The van der Waals surface area contributed by atoms with Crippen molar-refractivity contribution in [3.05, 3.63) is 101 Å². The van der Waals surface area contributed by atoms with E-state index in [0.29, 0.717) is 17.5 Å². The number of nitrogens with one attached hydrogen (secondary N) is 1. The van der Waals surface area contributed by atoms with Crippen molar-refractivity contribution in [2.24, 2.45) is 0 Å². The summed E-state index contributed by atoms with van der Waals surface area (Å²) in [6, 6.07) is 22.4. The van der Waals surface area contributed by atoms with Crippen LogP contribution in [0.3, 0.4) is 0 Å². The SMILES string of the molecule is Cc1ccccc1NC(=O)c1ccc2c(c1)C[C@@H](c1ccccc1)OC2=O. The Labute approximate surface area is 157 Å². The molecular weight excluding hydrogens is 338 g/mol. The van der Waals surface area contributed by atoms with Crippen molar-refractivity contribution in [3.8, 4) is 0 Å². The summed E-state index contributed by atoms with van der Waals surface area (Å²) < 4.78 is 5.57. The number of rotatable bonds is 3. The Kier molecular flexibility index (Phi) is 4.47. The van der Waals surface area contributed by atoms with Crippen LogP contribution in [0.5, 0.6) is 0 Å². The molecule has 1 aliphatic rings. The monoisotopic (exact) mass is 357 g/mol. The lowest BCUT2D eigenvalue weighted by Gasteiger charge is -2.25. The van der Waals surface area contributed by atoms with Crippen LogP contribution in [0, 0.1) is 6.92 Å². The van der Waals surface area contributed by atoms with Crippen LogP contribution in [-0.4, -0.2) is 11.9 Å². The number of fused-ring (bicyclic) bond motifs is 1. The Bertz CT molecular complexity index is 1010. The van der Waals surface area contributed by atoms with Gasteiger partial charge in [0.05, 0.1) is 5.56 Å². The molecule has 0 saturated heterocycles. The van der Waals surface area contributed by atoms with Gasteiger partial charge in [0.1, 0.15) is 6.10 Å². The highest BCUT2D eigenvalue weighted by atomic mass is 16.5. The Morgan fingerprint density at radius 3 is 2.52 bits per heavy atom. The van der Waals surface area contributed by atoms with Gasteiger partial charge in [0.15, 0.2) is 0 Å². The van der Waals surface area contributed by atoms with Gasteiger partial charge in [0.25, 0.3) is 5.91 Å². The van der Waals surface area contributed by atoms with Crippen molar-refractivity contribution in [1.82, 2.24) is 0 Å². The minimum atomic E-state index is -0.351. The van der Waals surface area contributed by atoms with E-state index in [-0.39, 0.29) is 18.0 Å². The molecule has 1 N–H and O–H groups in total. The lowest BCUT2D eigenvalue weighted by Crippen LogP contribution is -2.23. The average Bonchev–Trinajstić information content (AvgIpc) is 2.70. The van der Waals surface area contributed by atoms with Crippen LogP contribution in [0.15, 0.2) is 72.8 Å². The van der Waals surface area contributed by atoms with E-state index in [4.69, 9.17) is 4.74 Å². The zero-order valence-electron chi connectivity index (χ0n) is 14.9. The number of para-hydroxylation sites is 1. The van der Waals surface area contributed by atoms with Gasteiger partial charge < -0.3 is 10.1 Å². The highest BCUT2D eigenvalue weighted by Crippen LogP contribution is 2.31. The number of hydrogen-bond acceptors (Lipinski definition) is 3. The summed E-state index contributed by atoms with van der Waals surface area (Å²) in [5, 5.41) is 2.93. The van der Waals surface area contributed by atoms with Crippen LogP contribution < -0.4 is 5.32 Å². The van der Waals surface area contributed by atoms with Gasteiger partial charge in [-0.05, 0) is 47.9 Å². The minimum Gasteiger partial charge on any atom is -0.454 e. The molecule has 0 aromatic heterocycles. The van der Waals surface area contributed by atoms with Gasteiger partial charge in [0.2, 0.25) is 0 Å². The van der Waals surface area contributed by atoms with Crippen LogP contribution in [0.4, 0.5) is 5.69 Å². The van der Waals surface area contributed by atoms with E-state index in [0.717, 1.165) is 22.4 Å². The zero-order valence-corrected chi connectivity index (χ0v) is 14.9. The molecule has 0 radical (unpaired) electrons. The third kappa shape index (κ3) is 3.47. The zero-order chi connectivity index (χ0) is 18.8. The molecule has 1 amide bonds. The molecule has 0 saturated carbocycles. The Morgan fingerprint density at radius 1 is 1.00 bits per heavy atom. The van der Waals surface area contributed by atoms with E-state index in [1.165, 1.54) is 0 Å². The van der Waals surface area contributed by atoms with Crippen LogP contribution in [0.25, 0.3) is 0 Å². The van der Waals surface area contributed by atoms with Gasteiger partial charge in [-0.3, -0.25) is 4.79 Å². The van der Waals surface area contributed by atoms with Gasteiger partial charge in [-0.25, -0.2) is 4.79 Å². The molecule has 1 atom stereocenters. The molecule has 4 nitrogen and oxygen atoms in total. The normalized spacial score (nSPS) is 15.6. The van der Waals surface area contributed by atoms with Crippen LogP contribution in [0.2, 0.25) is 0 Å². The van der Waals surface area contributed by atoms with Crippen molar-refractivity contribution in [1.29, 1.82) is 0 Å². The van der Waals surface area contributed by atoms with Crippen molar-refractivity contribution in [2.45, 2.75) is 19.4 Å². The molecule has 1 heterocycles. The first kappa shape index (κ1) is 17.0. The number of amides is 1. The first-order chi connectivity index (χ1) is 13.1. The Hall–Kier alpha value is -3.40. The summed E-state index contributed by atoms with van der Waals surface area (Å²) in [6.45, 7) is 1.95. The summed E-state index contributed by atoms with van der Waals surface area (Å²) in [4.78, 5) is 25.0. The maximum Gasteiger partial charge on any atom is 0.339 e. The molecule has 0 fully saturated rings.